The predicted octanol–water partition coefficient (Wildman–Crippen LogP) is 2.82. The number of aliphatic carboxylic acids is 1. The van der Waals surface area contributed by atoms with Crippen LogP contribution in [0.15, 0.2) is 27.1 Å². The topological polar surface area (TPSA) is 83.5 Å². The number of carboxylic acid groups (broad SMARTS) is 1. The van der Waals surface area contributed by atoms with Gasteiger partial charge in [-0.2, -0.15) is 0 Å². The number of carboxylic acids is 1. The van der Waals surface area contributed by atoms with Crippen LogP contribution in [0.25, 0.3) is 0 Å². The van der Waals surface area contributed by atoms with Crippen LogP contribution in [0.1, 0.15) is 12.8 Å². The van der Waals surface area contributed by atoms with E-state index in [2.05, 4.69) is 36.6 Å². The Morgan fingerprint density at radius 1 is 1.28 bits per heavy atom. The van der Waals surface area contributed by atoms with Crippen molar-refractivity contribution < 1.29 is 18.3 Å². The maximum absolute atomic E-state index is 11.7. The summed E-state index contributed by atoms with van der Waals surface area (Å²) in [5.41, 5.74) is 0.410. The molecule has 0 saturated heterocycles. The van der Waals surface area contributed by atoms with Gasteiger partial charge in [0.05, 0.1) is 11.4 Å². The van der Waals surface area contributed by atoms with E-state index in [9.17, 15) is 13.2 Å². The first-order valence-corrected chi connectivity index (χ1v) is 8.22. The summed E-state index contributed by atoms with van der Waals surface area (Å²) in [4.78, 5) is 10.3. The van der Waals surface area contributed by atoms with Crippen molar-refractivity contribution in [3.63, 3.8) is 0 Å². The smallest absolute Gasteiger partial charge is 0.303 e. The van der Waals surface area contributed by atoms with Gasteiger partial charge in [-0.3, -0.25) is 9.52 Å². The van der Waals surface area contributed by atoms with Crippen LogP contribution >= 0.6 is 31.9 Å². The Bertz CT molecular complexity index is 525. The molecule has 0 radical (unpaired) electrons. The SMILES string of the molecule is O=C(O)CCCS(=O)(=O)Nc1c(Br)cccc1Br. The maximum atomic E-state index is 11.7. The molecule has 1 aromatic carbocycles. The summed E-state index contributed by atoms with van der Waals surface area (Å²) in [6, 6.07) is 5.18. The van der Waals surface area contributed by atoms with Crippen LogP contribution in [0.2, 0.25) is 0 Å². The van der Waals surface area contributed by atoms with Crippen LogP contribution < -0.4 is 4.72 Å². The zero-order valence-corrected chi connectivity index (χ0v) is 13.2. The lowest BCUT2D eigenvalue weighted by atomic mass is 10.3. The molecule has 5 nitrogen and oxygen atoms in total. The Balaban J connectivity index is 2.74. The lowest BCUT2D eigenvalue weighted by Crippen LogP contribution is -2.18. The lowest BCUT2D eigenvalue weighted by molar-refractivity contribution is -0.137. The summed E-state index contributed by atoms with van der Waals surface area (Å²) in [6.45, 7) is 0. The normalized spacial score (nSPS) is 11.2. The highest BCUT2D eigenvalue weighted by Gasteiger charge is 2.15. The van der Waals surface area contributed by atoms with Crippen molar-refractivity contribution in [2.45, 2.75) is 12.8 Å². The molecule has 0 heterocycles. The van der Waals surface area contributed by atoms with Gasteiger partial charge in [-0.1, -0.05) is 6.07 Å². The Hall–Kier alpha value is -0.600. The Morgan fingerprint density at radius 3 is 2.33 bits per heavy atom. The fourth-order valence-corrected chi connectivity index (χ4v) is 3.83. The second-order valence-corrected chi connectivity index (χ2v) is 7.07. The molecule has 0 amide bonds. The summed E-state index contributed by atoms with van der Waals surface area (Å²) >= 11 is 6.48. The molecular formula is C10H11Br2NO4S. The summed E-state index contributed by atoms with van der Waals surface area (Å²) in [5.74, 6) is -1.24. The lowest BCUT2D eigenvalue weighted by Gasteiger charge is -2.10. The fraction of sp³-hybridized carbons (Fsp3) is 0.300. The van der Waals surface area contributed by atoms with Crippen LogP contribution in [0.4, 0.5) is 5.69 Å². The predicted molar refractivity (Wildman–Crippen MR) is 76.1 cm³/mol. The maximum Gasteiger partial charge on any atom is 0.303 e. The molecule has 0 atom stereocenters. The summed E-state index contributed by atoms with van der Waals surface area (Å²) in [7, 11) is -3.55. The van der Waals surface area contributed by atoms with E-state index in [0.29, 0.717) is 14.6 Å². The molecule has 8 heteroatoms. The van der Waals surface area contributed by atoms with Crippen LogP contribution in [0, 0.1) is 0 Å². The van der Waals surface area contributed by atoms with Gasteiger partial charge in [0.15, 0.2) is 0 Å². The van der Waals surface area contributed by atoms with Gasteiger partial charge in [-0.05, 0) is 50.4 Å². The molecule has 0 aromatic heterocycles. The number of nitrogens with one attached hydrogen (secondary N) is 1. The van der Waals surface area contributed by atoms with Crippen molar-refractivity contribution in [3.05, 3.63) is 27.1 Å². The number of hydrogen-bond donors (Lipinski definition) is 2. The number of hydrogen-bond acceptors (Lipinski definition) is 3. The zero-order valence-electron chi connectivity index (χ0n) is 9.19. The number of para-hydroxylation sites is 1. The van der Waals surface area contributed by atoms with E-state index >= 15 is 0 Å². The van der Waals surface area contributed by atoms with E-state index < -0.39 is 16.0 Å². The van der Waals surface area contributed by atoms with Gasteiger partial charge in [0, 0.05) is 15.4 Å². The number of carbonyl (C=O) groups is 1. The summed E-state index contributed by atoms with van der Waals surface area (Å²) in [5, 5.41) is 8.46. The molecule has 0 aliphatic carbocycles. The van der Waals surface area contributed by atoms with Crippen molar-refractivity contribution in [2.24, 2.45) is 0 Å². The van der Waals surface area contributed by atoms with Crippen LogP contribution in [0.3, 0.4) is 0 Å². The Morgan fingerprint density at radius 2 is 1.83 bits per heavy atom. The van der Waals surface area contributed by atoms with E-state index in [1.165, 1.54) is 0 Å². The summed E-state index contributed by atoms with van der Waals surface area (Å²) < 4.78 is 27.1. The highest BCUT2D eigenvalue weighted by Crippen LogP contribution is 2.31. The average molecular weight is 401 g/mol. The van der Waals surface area contributed by atoms with Crippen molar-refractivity contribution in [2.75, 3.05) is 10.5 Å². The minimum absolute atomic E-state index is 0.0761. The third-order valence-corrected chi connectivity index (χ3v) is 4.69. The van der Waals surface area contributed by atoms with Gasteiger partial charge in [0.2, 0.25) is 10.0 Å². The van der Waals surface area contributed by atoms with Crippen LogP contribution in [-0.2, 0) is 14.8 Å². The number of benzene rings is 1. The van der Waals surface area contributed by atoms with E-state index in [-0.39, 0.29) is 18.6 Å². The number of rotatable bonds is 6. The first kappa shape index (κ1) is 15.5. The molecule has 0 spiro atoms. The molecule has 100 valence electrons. The van der Waals surface area contributed by atoms with Gasteiger partial charge in [0.1, 0.15) is 0 Å². The summed E-state index contributed by atoms with van der Waals surface area (Å²) in [6.07, 6.45) is -0.0925. The molecule has 1 aromatic rings. The van der Waals surface area contributed by atoms with Crippen molar-refractivity contribution in [3.8, 4) is 0 Å². The molecular weight excluding hydrogens is 390 g/mol. The average Bonchev–Trinajstić information content (AvgIpc) is 2.23. The number of anilines is 1. The first-order chi connectivity index (χ1) is 8.32. The molecule has 0 aliphatic heterocycles. The minimum Gasteiger partial charge on any atom is -0.481 e. The van der Waals surface area contributed by atoms with E-state index in [4.69, 9.17) is 5.11 Å². The van der Waals surface area contributed by atoms with Gasteiger partial charge in [-0.15, -0.1) is 0 Å². The quantitative estimate of drug-likeness (QED) is 0.768. The van der Waals surface area contributed by atoms with E-state index in [1.54, 1.807) is 18.2 Å². The Kier molecular flexibility index (Phi) is 5.61. The van der Waals surface area contributed by atoms with Crippen LogP contribution in [-0.4, -0.2) is 25.2 Å². The number of halogens is 2. The van der Waals surface area contributed by atoms with Gasteiger partial charge < -0.3 is 5.11 Å². The van der Waals surface area contributed by atoms with E-state index in [0.717, 1.165) is 0 Å². The molecule has 1 rings (SSSR count). The minimum atomic E-state index is -3.55. The van der Waals surface area contributed by atoms with Crippen molar-refractivity contribution in [1.82, 2.24) is 0 Å². The largest absolute Gasteiger partial charge is 0.481 e. The third-order valence-electron chi connectivity index (χ3n) is 2.02. The molecule has 0 unspecified atom stereocenters. The molecule has 2 N–H and O–H groups in total. The van der Waals surface area contributed by atoms with Crippen LogP contribution in [0.5, 0.6) is 0 Å². The highest BCUT2D eigenvalue weighted by atomic mass is 79.9. The second-order valence-electron chi connectivity index (χ2n) is 3.51. The standard InChI is InChI=1S/C10H11Br2NO4S/c11-7-3-1-4-8(12)10(7)13-18(16,17)6-2-5-9(14)15/h1,3-4,13H,2,5-6H2,(H,14,15). The zero-order chi connectivity index (χ0) is 13.8. The second kappa shape index (κ2) is 6.53. The molecule has 18 heavy (non-hydrogen) atoms. The molecule has 0 bridgehead atoms. The highest BCUT2D eigenvalue weighted by molar-refractivity contribution is 9.11. The first-order valence-electron chi connectivity index (χ1n) is 4.98. The fourth-order valence-electron chi connectivity index (χ4n) is 1.22. The van der Waals surface area contributed by atoms with Crippen molar-refractivity contribution >= 4 is 53.5 Å². The monoisotopic (exact) mass is 399 g/mol. The van der Waals surface area contributed by atoms with Gasteiger partial charge in [0.25, 0.3) is 0 Å². The van der Waals surface area contributed by atoms with E-state index in [1.807, 2.05) is 0 Å². The molecule has 0 aliphatic rings. The van der Waals surface area contributed by atoms with Gasteiger partial charge in [-0.25, -0.2) is 8.42 Å². The molecule has 0 saturated carbocycles. The number of sulfonamides is 1. The van der Waals surface area contributed by atoms with Crippen molar-refractivity contribution in [1.29, 1.82) is 0 Å². The third kappa shape index (κ3) is 4.95. The Labute approximate surface area is 122 Å². The van der Waals surface area contributed by atoms with Gasteiger partial charge >= 0.3 is 5.97 Å². The molecule has 0 fully saturated rings.